The normalized spacial score (nSPS) is 11.2. The van der Waals surface area contributed by atoms with Crippen LogP contribution in [-0.4, -0.2) is 32.1 Å². The van der Waals surface area contributed by atoms with Gasteiger partial charge in [0.2, 0.25) is 5.78 Å². The van der Waals surface area contributed by atoms with E-state index in [1.54, 1.807) is 24.7 Å². The van der Waals surface area contributed by atoms with E-state index in [1.165, 1.54) is 11.8 Å². The molecule has 0 saturated heterocycles. The van der Waals surface area contributed by atoms with Crippen molar-refractivity contribution in [2.75, 3.05) is 7.11 Å². The third-order valence-corrected chi connectivity index (χ3v) is 6.68. The van der Waals surface area contributed by atoms with Gasteiger partial charge in [0, 0.05) is 16.9 Å². The molecule has 0 radical (unpaired) electrons. The molecule has 0 aliphatic carbocycles. The van der Waals surface area contributed by atoms with Gasteiger partial charge in [0.1, 0.15) is 5.75 Å². The van der Waals surface area contributed by atoms with Crippen LogP contribution in [0.1, 0.15) is 28.4 Å². The van der Waals surface area contributed by atoms with E-state index in [1.807, 2.05) is 71.1 Å². The number of Topliss-reactive ketones (excluding diaryl/α,β-unsaturated/α-hetero) is 1. The first-order chi connectivity index (χ1) is 16.6. The number of aromatic nitrogens is 4. The number of benzene rings is 3. The number of ketones is 1. The molecule has 2 aromatic heterocycles. The lowest BCUT2D eigenvalue weighted by molar-refractivity contribution is 0.101. The first kappa shape index (κ1) is 21.9. The number of nitrogens with zero attached hydrogens (tertiary/aromatic N) is 4. The Morgan fingerprint density at radius 2 is 1.76 bits per heavy atom. The molecule has 8 heteroatoms. The fraction of sp³-hybridized carbons (Fsp3) is 0.154. The number of rotatable bonds is 7. The summed E-state index contributed by atoms with van der Waals surface area (Å²) in [5.41, 5.74) is 3.17. The Bertz CT molecular complexity index is 1570. The van der Waals surface area contributed by atoms with Crippen LogP contribution in [0.3, 0.4) is 0 Å². The molecule has 0 N–H and O–H groups in total. The second-order valence-corrected chi connectivity index (χ2v) is 8.83. The first-order valence-corrected chi connectivity index (χ1v) is 11.8. The fourth-order valence-electron chi connectivity index (χ4n) is 3.99. The number of hydrogen-bond donors (Lipinski definition) is 0. The lowest BCUT2D eigenvalue weighted by Crippen LogP contribution is -2.24. The van der Waals surface area contributed by atoms with Crippen molar-refractivity contribution in [2.24, 2.45) is 0 Å². The molecule has 0 fully saturated rings. The molecule has 5 aromatic rings. The summed E-state index contributed by atoms with van der Waals surface area (Å²) in [7, 11) is 1.61. The molecule has 0 bridgehead atoms. The zero-order valence-electron chi connectivity index (χ0n) is 18.8. The van der Waals surface area contributed by atoms with E-state index >= 15 is 0 Å². The highest BCUT2D eigenvalue weighted by atomic mass is 32.2. The topological polar surface area (TPSA) is 78.5 Å². The second kappa shape index (κ2) is 9.15. The fourth-order valence-corrected chi connectivity index (χ4v) is 4.91. The van der Waals surface area contributed by atoms with Gasteiger partial charge in [-0.15, -0.1) is 10.2 Å². The maximum Gasteiger partial charge on any atom is 0.263 e. The lowest BCUT2D eigenvalue weighted by atomic mass is 10.1. The predicted molar refractivity (Wildman–Crippen MR) is 133 cm³/mol. The van der Waals surface area contributed by atoms with Crippen molar-refractivity contribution in [2.45, 2.75) is 24.4 Å². The highest BCUT2D eigenvalue weighted by Crippen LogP contribution is 2.29. The highest BCUT2D eigenvalue weighted by molar-refractivity contribution is 7.98. The van der Waals surface area contributed by atoms with Crippen LogP contribution in [0.5, 0.6) is 5.75 Å². The molecule has 5 rings (SSSR count). The van der Waals surface area contributed by atoms with Crippen molar-refractivity contribution < 1.29 is 9.53 Å². The Balaban J connectivity index is 1.61. The van der Waals surface area contributed by atoms with E-state index in [0.29, 0.717) is 39.9 Å². The molecule has 0 aliphatic rings. The summed E-state index contributed by atoms with van der Waals surface area (Å²) in [4.78, 5) is 25.2. The molecule has 0 saturated carbocycles. The summed E-state index contributed by atoms with van der Waals surface area (Å²) in [6, 6.07) is 22.7. The van der Waals surface area contributed by atoms with Gasteiger partial charge < -0.3 is 4.74 Å². The van der Waals surface area contributed by atoms with Gasteiger partial charge in [-0.3, -0.25) is 18.6 Å². The minimum atomic E-state index is -0.105. The van der Waals surface area contributed by atoms with Crippen LogP contribution in [-0.2, 0) is 12.3 Å². The number of ether oxygens (including phenoxy) is 1. The monoisotopic (exact) mass is 470 g/mol. The summed E-state index contributed by atoms with van der Waals surface area (Å²) in [6.07, 6.45) is 0. The minimum absolute atomic E-state index is 0.00208. The van der Waals surface area contributed by atoms with Crippen molar-refractivity contribution in [3.63, 3.8) is 0 Å². The molecule has 2 heterocycles. The molecule has 0 amide bonds. The minimum Gasteiger partial charge on any atom is -0.496 e. The van der Waals surface area contributed by atoms with Crippen LogP contribution in [0.2, 0.25) is 0 Å². The molecule has 0 atom stereocenters. The van der Waals surface area contributed by atoms with E-state index < -0.39 is 0 Å². The number of thioether (sulfide) groups is 1. The highest BCUT2D eigenvalue weighted by Gasteiger charge is 2.18. The average molecular weight is 471 g/mol. The second-order valence-electron chi connectivity index (χ2n) is 7.88. The van der Waals surface area contributed by atoms with E-state index in [0.717, 1.165) is 16.6 Å². The Morgan fingerprint density at radius 1 is 1.00 bits per heavy atom. The lowest BCUT2D eigenvalue weighted by Gasteiger charge is -2.12. The largest absolute Gasteiger partial charge is 0.496 e. The zero-order chi connectivity index (χ0) is 23.7. The molecular weight excluding hydrogens is 448 g/mol. The van der Waals surface area contributed by atoms with Crippen LogP contribution in [0, 0.1) is 0 Å². The van der Waals surface area contributed by atoms with Crippen LogP contribution in [0.15, 0.2) is 82.7 Å². The van der Waals surface area contributed by atoms with E-state index in [-0.39, 0.29) is 11.3 Å². The van der Waals surface area contributed by atoms with E-state index in [9.17, 15) is 9.59 Å². The third kappa shape index (κ3) is 3.97. The summed E-state index contributed by atoms with van der Waals surface area (Å²) in [6.45, 7) is 1.94. The van der Waals surface area contributed by atoms with Crippen LogP contribution >= 0.6 is 11.8 Å². The Hall–Kier alpha value is -3.91. The molecule has 0 spiro atoms. The molecule has 3 aromatic carbocycles. The molecule has 170 valence electrons. The predicted octanol–water partition coefficient (Wildman–Crippen LogP) is 4.60. The number of methoxy groups -OCH3 is 1. The molecule has 34 heavy (non-hydrogen) atoms. The third-order valence-electron chi connectivity index (χ3n) is 5.71. The van der Waals surface area contributed by atoms with Crippen LogP contribution in [0.25, 0.3) is 16.7 Å². The zero-order valence-corrected chi connectivity index (χ0v) is 19.6. The van der Waals surface area contributed by atoms with Crippen LogP contribution in [0.4, 0.5) is 0 Å². The first-order valence-electron chi connectivity index (χ1n) is 10.8. The Kier molecular flexibility index (Phi) is 5.90. The van der Waals surface area contributed by atoms with Crippen molar-refractivity contribution >= 4 is 34.2 Å². The quantitative estimate of drug-likeness (QED) is 0.256. The summed E-state index contributed by atoms with van der Waals surface area (Å²) in [5.74, 6) is 1.71. The van der Waals surface area contributed by atoms with Crippen molar-refractivity contribution in [3.05, 3.63) is 99.8 Å². The molecular formula is C26H22N4O3S. The Morgan fingerprint density at radius 3 is 2.53 bits per heavy atom. The maximum atomic E-state index is 13.3. The summed E-state index contributed by atoms with van der Waals surface area (Å²) in [5, 5.41) is 10.1. The van der Waals surface area contributed by atoms with Crippen molar-refractivity contribution in [3.8, 4) is 5.75 Å². The average Bonchev–Trinajstić information content (AvgIpc) is 3.29. The van der Waals surface area contributed by atoms with Gasteiger partial charge in [-0.2, -0.15) is 0 Å². The van der Waals surface area contributed by atoms with Gasteiger partial charge in [-0.25, -0.2) is 0 Å². The number of fused-ring (bicyclic) bond motifs is 3. The van der Waals surface area contributed by atoms with Gasteiger partial charge >= 0.3 is 0 Å². The number of para-hydroxylation sites is 1. The van der Waals surface area contributed by atoms with Gasteiger partial charge in [-0.05, 0) is 42.8 Å². The molecule has 7 nitrogen and oxygen atoms in total. The van der Waals surface area contributed by atoms with Gasteiger partial charge in [0.15, 0.2) is 10.9 Å². The SMILES string of the molecule is COc1ccc(C(C)=O)cc1CSc1nnc2n(Cc3ccccc3)c(=O)c3ccccc3n12. The van der Waals surface area contributed by atoms with Gasteiger partial charge in [0.05, 0.1) is 24.6 Å². The smallest absolute Gasteiger partial charge is 0.263 e. The number of carbonyl (C=O) groups excluding carboxylic acids is 1. The molecule has 0 unspecified atom stereocenters. The molecule has 0 aliphatic heterocycles. The van der Waals surface area contributed by atoms with Crippen LogP contribution < -0.4 is 10.3 Å². The van der Waals surface area contributed by atoms with Crippen molar-refractivity contribution in [1.82, 2.24) is 19.2 Å². The van der Waals surface area contributed by atoms with Crippen molar-refractivity contribution in [1.29, 1.82) is 0 Å². The standard InChI is InChI=1S/C26H22N4O3S/c1-17(31)19-12-13-23(33-2)20(14-19)16-34-26-28-27-25-29(15-18-8-4-3-5-9-18)24(32)21-10-6-7-11-22(21)30(25)26/h3-14H,15-16H2,1-2H3. The summed E-state index contributed by atoms with van der Waals surface area (Å²) < 4.78 is 9.08. The van der Waals surface area contributed by atoms with E-state index in [2.05, 4.69) is 10.2 Å². The van der Waals surface area contributed by atoms with Gasteiger partial charge in [-0.1, -0.05) is 54.2 Å². The Labute approximate surface area is 200 Å². The summed E-state index contributed by atoms with van der Waals surface area (Å²) >= 11 is 1.48. The number of hydrogen-bond acceptors (Lipinski definition) is 6. The number of carbonyl (C=O) groups is 1. The van der Waals surface area contributed by atoms with E-state index in [4.69, 9.17) is 4.74 Å². The maximum absolute atomic E-state index is 13.3. The van der Waals surface area contributed by atoms with Gasteiger partial charge in [0.25, 0.3) is 5.56 Å².